The van der Waals surface area contributed by atoms with E-state index in [2.05, 4.69) is 20.9 Å². The Morgan fingerprint density at radius 3 is 2.71 bits per heavy atom. The van der Waals surface area contributed by atoms with Gasteiger partial charge in [-0.1, -0.05) is 39.4 Å². The van der Waals surface area contributed by atoms with Crippen molar-refractivity contribution in [2.75, 3.05) is 7.05 Å². The molecule has 10 heteroatoms. The van der Waals surface area contributed by atoms with E-state index in [1.165, 1.54) is 29.8 Å². The molecule has 1 aromatic carbocycles. The number of urea groups is 1. The predicted octanol–water partition coefficient (Wildman–Crippen LogP) is 0.0171. The van der Waals surface area contributed by atoms with Crippen molar-refractivity contribution in [3.63, 3.8) is 0 Å². The van der Waals surface area contributed by atoms with Gasteiger partial charge in [-0.15, -0.1) is 0 Å². The molecule has 1 aliphatic rings. The number of nitrogens with one attached hydrogen (secondary N) is 1. The number of nitrogens with zero attached hydrogens (tertiary/aromatic N) is 1. The molecule has 2 aromatic rings. The average molecular weight is 465 g/mol. The van der Waals surface area contributed by atoms with E-state index in [9.17, 15) is 19.5 Å². The Morgan fingerprint density at radius 2 is 2.04 bits per heavy atom. The molecular weight excluding hydrogens is 448 g/mol. The number of carbonyl (C=O) groups is 3. The van der Waals surface area contributed by atoms with Gasteiger partial charge in [-0.25, -0.2) is 24.8 Å². The lowest BCUT2D eigenvalue weighted by molar-refractivity contribution is -0.468. The number of amidine groups is 1. The van der Waals surface area contributed by atoms with Crippen LogP contribution in [0, 0.1) is 0 Å². The molecule has 0 unspecified atom stereocenters. The van der Waals surface area contributed by atoms with E-state index in [4.69, 9.17) is 5.73 Å². The van der Waals surface area contributed by atoms with Crippen molar-refractivity contribution < 1.29 is 29.8 Å². The number of carbonyl (C=O) groups excluding carboxylic acids is 3. The lowest BCUT2D eigenvalue weighted by Gasteiger charge is -2.17. The number of aliphatic hydroxyl groups excluding tert-OH is 1. The summed E-state index contributed by atoms with van der Waals surface area (Å²) >= 11 is 4.54. The van der Waals surface area contributed by atoms with Crippen molar-refractivity contribution in [1.82, 2.24) is 4.90 Å². The van der Waals surface area contributed by atoms with Crippen LogP contribution in [0.15, 0.2) is 40.2 Å². The number of quaternary nitrogens is 1. The third-order valence-corrected chi connectivity index (χ3v) is 5.57. The molecule has 0 aliphatic carbocycles. The standard InChI is InChI=1S/C18H15BrN4O4S/c1-23-17(26)15-10(8-28-16(15)22-18(23)27)6-14(25)21-13(20)7-12(24)9-2-4-11(19)5-3-9/h2-5,7-8,24H,6H2,1H3,(H,22,27)(H2,20,21,25)/p+2/b12-7-. The van der Waals surface area contributed by atoms with E-state index in [-0.39, 0.29) is 24.0 Å². The molecule has 0 saturated carbocycles. The van der Waals surface area contributed by atoms with Crippen molar-refractivity contribution in [2.24, 2.45) is 5.73 Å². The highest BCUT2D eigenvalue weighted by molar-refractivity contribution is 9.10. The summed E-state index contributed by atoms with van der Waals surface area (Å²) in [7, 11) is 1.40. The lowest BCUT2D eigenvalue weighted by atomic mass is 10.1. The Balaban J connectivity index is 1.75. The molecule has 0 spiro atoms. The number of halogens is 1. The molecule has 0 saturated heterocycles. The first-order valence-electron chi connectivity index (χ1n) is 8.12. The van der Waals surface area contributed by atoms with Gasteiger partial charge in [0.05, 0.1) is 12.5 Å². The highest BCUT2D eigenvalue weighted by atomic mass is 79.9. The van der Waals surface area contributed by atoms with E-state index in [0.29, 0.717) is 21.7 Å². The maximum atomic E-state index is 12.3. The number of aliphatic hydroxyl groups is 1. The zero-order chi connectivity index (χ0) is 20.4. The number of hydrogen-bond donors (Lipinski definition) is 4. The van der Waals surface area contributed by atoms with Gasteiger partial charge in [0.1, 0.15) is 11.3 Å². The summed E-state index contributed by atoms with van der Waals surface area (Å²) in [6, 6.07) is 6.54. The summed E-state index contributed by atoms with van der Waals surface area (Å²) < 4.78 is 0.868. The second-order valence-corrected chi connectivity index (χ2v) is 7.89. The summed E-state index contributed by atoms with van der Waals surface area (Å²) in [5.74, 6) is -0.996. The van der Waals surface area contributed by atoms with Gasteiger partial charge in [0.25, 0.3) is 11.7 Å². The number of rotatable bonds is 4. The molecule has 8 nitrogen and oxygen atoms in total. The normalized spacial score (nSPS) is 15.0. The fourth-order valence-corrected chi connectivity index (χ4v) is 3.87. The number of primary amides is 1. The highest BCUT2D eigenvalue weighted by Gasteiger charge is 2.36. The van der Waals surface area contributed by atoms with Crippen molar-refractivity contribution in [1.29, 1.82) is 0 Å². The molecule has 3 rings (SSSR count). The molecule has 0 radical (unpaired) electrons. The first kappa shape index (κ1) is 19.9. The van der Waals surface area contributed by atoms with E-state index in [1.807, 2.05) is 0 Å². The molecular formula is C18H17BrN4O4S+2. The minimum Gasteiger partial charge on any atom is -0.507 e. The number of thiophene rings is 1. The van der Waals surface area contributed by atoms with Gasteiger partial charge in [-0.2, -0.15) is 0 Å². The third kappa shape index (κ3) is 4.19. The fraction of sp³-hybridized carbons (Fsp3) is 0.111. The fourth-order valence-electron chi connectivity index (χ4n) is 2.63. The Labute approximate surface area is 172 Å². The monoisotopic (exact) mass is 464 g/mol. The zero-order valence-electron chi connectivity index (χ0n) is 14.7. The maximum Gasteiger partial charge on any atom is 0.428 e. The minimum absolute atomic E-state index is 0.0281. The summed E-state index contributed by atoms with van der Waals surface area (Å²) in [5.41, 5.74) is 7.21. The van der Waals surface area contributed by atoms with Crippen LogP contribution in [0.1, 0.15) is 21.5 Å². The van der Waals surface area contributed by atoms with Gasteiger partial charge >= 0.3 is 11.9 Å². The maximum absolute atomic E-state index is 12.3. The SMILES string of the molecule is CN1C(=O)[NH2+]c2scc(CC(=O)[NH+]=C(N)/C=C(\O)c3ccc(Br)cc3)c2C1=O. The van der Waals surface area contributed by atoms with E-state index in [0.717, 1.165) is 9.37 Å². The molecule has 0 bridgehead atoms. The lowest BCUT2D eigenvalue weighted by Crippen LogP contribution is -2.87. The van der Waals surface area contributed by atoms with Crippen molar-refractivity contribution in [3.8, 4) is 0 Å². The second kappa shape index (κ2) is 8.05. The third-order valence-electron chi connectivity index (χ3n) is 4.07. The molecule has 144 valence electrons. The van der Waals surface area contributed by atoms with Crippen LogP contribution >= 0.6 is 27.3 Å². The van der Waals surface area contributed by atoms with Crippen molar-refractivity contribution >= 4 is 61.7 Å². The van der Waals surface area contributed by atoms with Gasteiger partial charge in [0, 0.05) is 22.5 Å². The van der Waals surface area contributed by atoms with Crippen molar-refractivity contribution in [3.05, 3.63) is 56.9 Å². The summed E-state index contributed by atoms with van der Waals surface area (Å²) in [6.07, 6.45) is 1.16. The number of benzene rings is 1. The van der Waals surface area contributed by atoms with E-state index >= 15 is 0 Å². The van der Waals surface area contributed by atoms with Crippen LogP contribution < -0.4 is 16.0 Å². The highest BCUT2D eigenvalue weighted by Crippen LogP contribution is 2.27. The van der Waals surface area contributed by atoms with Crippen LogP contribution in [0.5, 0.6) is 0 Å². The number of amides is 4. The molecule has 1 aliphatic heterocycles. The van der Waals surface area contributed by atoms with Crippen LogP contribution in [0.25, 0.3) is 5.76 Å². The first-order chi connectivity index (χ1) is 13.3. The number of nitrogens with two attached hydrogens (primary N) is 2. The zero-order valence-corrected chi connectivity index (χ0v) is 17.1. The van der Waals surface area contributed by atoms with Crippen LogP contribution in [0.2, 0.25) is 0 Å². The quantitative estimate of drug-likeness (QED) is 0.287. The summed E-state index contributed by atoms with van der Waals surface area (Å²) in [4.78, 5) is 39.8. The molecule has 0 fully saturated rings. The van der Waals surface area contributed by atoms with Crippen LogP contribution in [-0.2, 0) is 11.2 Å². The molecule has 1 aromatic heterocycles. The van der Waals surface area contributed by atoms with Crippen LogP contribution in [0.4, 0.5) is 9.80 Å². The Hall–Kier alpha value is -2.82. The smallest absolute Gasteiger partial charge is 0.428 e. The molecule has 0 atom stereocenters. The van der Waals surface area contributed by atoms with Gasteiger partial charge < -0.3 is 5.11 Å². The van der Waals surface area contributed by atoms with E-state index < -0.39 is 11.8 Å². The molecule has 4 amide bonds. The molecule has 2 heterocycles. The second-order valence-electron chi connectivity index (χ2n) is 6.06. The van der Waals surface area contributed by atoms with Crippen LogP contribution in [0.3, 0.4) is 0 Å². The summed E-state index contributed by atoms with van der Waals surface area (Å²) in [5, 5.41) is 13.7. The first-order valence-corrected chi connectivity index (χ1v) is 9.79. The van der Waals surface area contributed by atoms with Crippen molar-refractivity contribution in [2.45, 2.75) is 6.42 Å². The Kier molecular flexibility index (Phi) is 5.73. The Morgan fingerprint density at radius 1 is 1.36 bits per heavy atom. The number of fused-ring (bicyclic) bond motifs is 1. The predicted molar refractivity (Wildman–Crippen MR) is 107 cm³/mol. The van der Waals surface area contributed by atoms with Crippen LogP contribution in [-0.4, -0.2) is 40.7 Å². The van der Waals surface area contributed by atoms with Gasteiger partial charge in [-0.05, 0) is 17.7 Å². The number of imide groups is 1. The average Bonchev–Trinajstić information content (AvgIpc) is 3.02. The number of hydrogen-bond acceptors (Lipinski definition) is 5. The van der Waals surface area contributed by atoms with Gasteiger partial charge in [0.2, 0.25) is 5.00 Å². The van der Waals surface area contributed by atoms with E-state index in [1.54, 1.807) is 29.6 Å². The topological polar surface area (TPSA) is 131 Å². The largest absolute Gasteiger partial charge is 0.507 e. The summed E-state index contributed by atoms with van der Waals surface area (Å²) in [6.45, 7) is 0. The van der Waals surface area contributed by atoms with Gasteiger partial charge in [-0.3, -0.25) is 10.5 Å². The Bertz CT molecular complexity index is 1030. The minimum atomic E-state index is -0.440. The van der Waals surface area contributed by atoms with Gasteiger partial charge in [0.15, 0.2) is 0 Å². The molecule has 28 heavy (non-hydrogen) atoms. The molecule has 6 N–H and O–H groups in total.